The minimum absolute atomic E-state index is 0.0295. The van der Waals surface area contributed by atoms with Gasteiger partial charge in [0, 0.05) is 25.8 Å². The van der Waals surface area contributed by atoms with E-state index in [1.807, 2.05) is 0 Å². The van der Waals surface area contributed by atoms with E-state index in [0.717, 1.165) is 12.8 Å². The van der Waals surface area contributed by atoms with Crippen molar-refractivity contribution in [2.24, 2.45) is 5.41 Å². The number of amides is 3. The minimum atomic E-state index is -0.980. The molecule has 2 fully saturated rings. The number of nitrogens with one attached hydrogen (secondary N) is 3. The molecule has 1 saturated carbocycles. The normalized spacial score (nSPS) is 20.4. The number of rotatable bonds is 6. The van der Waals surface area contributed by atoms with Crippen LogP contribution < -0.4 is 16.0 Å². The van der Waals surface area contributed by atoms with Crippen molar-refractivity contribution < 1.29 is 24.2 Å². The molecule has 1 heterocycles. The van der Waals surface area contributed by atoms with Gasteiger partial charge in [0.1, 0.15) is 0 Å². The average Bonchev–Trinajstić information content (AvgIpc) is 3.27. The lowest BCUT2D eigenvalue weighted by molar-refractivity contribution is -0.154. The van der Waals surface area contributed by atoms with Crippen LogP contribution in [-0.4, -0.2) is 55.4 Å². The summed E-state index contributed by atoms with van der Waals surface area (Å²) >= 11 is 0. The summed E-state index contributed by atoms with van der Waals surface area (Å²) in [5, 5.41) is 17.0. The summed E-state index contributed by atoms with van der Waals surface area (Å²) in [4.78, 5) is 34.4. The molecule has 0 spiro atoms. The Morgan fingerprint density at radius 1 is 1.14 bits per heavy atom. The molecule has 1 saturated heterocycles. The molecule has 0 radical (unpaired) electrons. The second kappa shape index (κ2) is 6.75. The number of carboxylic acids is 1. The molecule has 3 amide bonds. The monoisotopic (exact) mass is 299 g/mol. The Morgan fingerprint density at radius 3 is 2.38 bits per heavy atom. The van der Waals surface area contributed by atoms with Gasteiger partial charge in [0.15, 0.2) is 0 Å². The molecular formula is C13H21N3O5. The molecule has 1 aliphatic heterocycles. The highest BCUT2D eigenvalue weighted by molar-refractivity contribution is 5.84. The maximum Gasteiger partial charge on any atom is 0.315 e. The number of aliphatic carboxylic acids is 1. The summed E-state index contributed by atoms with van der Waals surface area (Å²) in [6.45, 7) is 0.673. The van der Waals surface area contributed by atoms with Crippen LogP contribution in [0.25, 0.3) is 0 Å². The van der Waals surface area contributed by atoms with Crippen molar-refractivity contribution in [3.63, 3.8) is 0 Å². The molecule has 0 aromatic heterocycles. The Morgan fingerprint density at radius 2 is 1.81 bits per heavy atom. The van der Waals surface area contributed by atoms with Gasteiger partial charge in [0.2, 0.25) is 5.91 Å². The lowest BCUT2D eigenvalue weighted by Crippen LogP contribution is -2.50. The summed E-state index contributed by atoms with van der Waals surface area (Å²) in [5.74, 6) is -1.16. The fourth-order valence-corrected chi connectivity index (χ4v) is 2.21. The van der Waals surface area contributed by atoms with E-state index in [2.05, 4.69) is 16.0 Å². The van der Waals surface area contributed by atoms with Crippen LogP contribution in [0.2, 0.25) is 0 Å². The second-order valence-electron chi connectivity index (χ2n) is 5.58. The Hall–Kier alpha value is -1.83. The number of hydrogen-bond acceptors (Lipinski definition) is 4. The minimum Gasteiger partial charge on any atom is -0.481 e. The van der Waals surface area contributed by atoms with Crippen LogP contribution in [0.15, 0.2) is 0 Å². The molecule has 0 aromatic carbocycles. The van der Waals surface area contributed by atoms with E-state index in [0.29, 0.717) is 26.1 Å². The first-order valence-corrected chi connectivity index (χ1v) is 7.14. The van der Waals surface area contributed by atoms with E-state index in [9.17, 15) is 19.5 Å². The third-order valence-corrected chi connectivity index (χ3v) is 3.84. The standard InChI is InChI=1S/C13H21N3O5/c17-10(16-9-1-2-9)7-14-12(20)15-8-13(11(18)19)3-5-21-6-4-13/h9H,1-8H2,(H,16,17)(H,18,19)(H2,14,15,20). The number of carbonyl (C=O) groups is 3. The molecule has 0 aromatic rings. The van der Waals surface area contributed by atoms with E-state index in [1.165, 1.54) is 0 Å². The fourth-order valence-electron chi connectivity index (χ4n) is 2.21. The van der Waals surface area contributed by atoms with Gasteiger partial charge in [0.25, 0.3) is 0 Å². The summed E-state index contributed by atoms with van der Waals surface area (Å²) in [6, 6.07) is -0.284. The highest BCUT2D eigenvalue weighted by Gasteiger charge is 2.40. The Kier molecular flexibility index (Phi) is 5.00. The first kappa shape index (κ1) is 15.6. The Bertz CT molecular complexity index is 416. The lowest BCUT2D eigenvalue weighted by Gasteiger charge is -2.33. The number of carbonyl (C=O) groups excluding carboxylic acids is 2. The predicted molar refractivity (Wildman–Crippen MR) is 72.7 cm³/mol. The van der Waals surface area contributed by atoms with Crippen LogP contribution in [0.3, 0.4) is 0 Å². The first-order chi connectivity index (χ1) is 10.0. The van der Waals surface area contributed by atoms with Gasteiger partial charge >= 0.3 is 12.0 Å². The zero-order chi connectivity index (χ0) is 15.3. The third-order valence-electron chi connectivity index (χ3n) is 3.84. The van der Waals surface area contributed by atoms with Gasteiger partial charge in [-0.25, -0.2) is 4.79 Å². The molecule has 8 heteroatoms. The quantitative estimate of drug-likeness (QED) is 0.525. The third kappa shape index (κ3) is 4.59. The van der Waals surface area contributed by atoms with Crippen molar-refractivity contribution in [1.82, 2.24) is 16.0 Å². The number of hydrogen-bond donors (Lipinski definition) is 4. The van der Waals surface area contributed by atoms with Crippen LogP contribution in [0.1, 0.15) is 25.7 Å². The smallest absolute Gasteiger partial charge is 0.315 e. The average molecular weight is 299 g/mol. The van der Waals surface area contributed by atoms with Crippen molar-refractivity contribution >= 4 is 17.9 Å². The summed E-state index contributed by atoms with van der Waals surface area (Å²) < 4.78 is 5.16. The van der Waals surface area contributed by atoms with E-state index >= 15 is 0 Å². The zero-order valence-electron chi connectivity index (χ0n) is 11.8. The molecule has 0 atom stereocenters. The van der Waals surface area contributed by atoms with Crippen molar-refractivity contribution in [1.29, 1.82) is 0 Å². The van der Waals surface area contributed by atoms with Gasteiger partial charge in [0.05, 0.1) is 12.0 Å². The van der Waals surface area contributed by atoms with E-state index in [-0.39, 0.29) is 25.0 Å². The maximum absolute atomic E-state index is 11.6. The zero-order valence-corrected chi connectivity index (χ0v) is 11.8. The fraction of sp³-hybridized carbons (Fsp3) is 0.769. The van der Waals surface area contributed by atoms with Crippen LogP contribution in [0, 0.1) is 5.41 Å². The number of urea groups is 1. The van der Waals surface area contributed by atoms with Crippen molar-refractivity contribution in [2.75, 3.05) is 26.3 Å². The van der Waals surface area contributed by atoms with Crippen LogP contribution >= 0.6 is 0 Å². The summed E-state index contributed by atoms with van der Waals surface area (Å²) in [5.41, 5.74) is -0.980. The molecule has 4 N–H and O–H groups in total. The van der Waals surface area contributed by atoms with Gasteiger partial charge in [-0.15, -0.1) is 0 Å². The molecule has 2 aliphatic rings. The molecule has 0 unspecified atom stereocenters. The van der Waals surface area contributed by atoms with Crippen molar-refractivity contribution in [2.45, 2.75) is 31.7 Å². The SMILES string of the molecule is O=C(CNC(=O)NCC1(C(=O)O)CCOCC1)NC1CC1. The van der Waals surface area contributed by atoms with Gasteiger partial charge in [-0.1, -0.05) is 0 Å². The van der Waals surface area contributed by atoms with Gasteiger partial charge in [-0.05, 0) is 25.7 Å². The van der Waals surface area contributed by atoms with E-state index in [1.54, 1.807) is 0 Å². The highest BCUT2D eigenvalue weighted by atomic mass is 16.5. The summed E-state index contributed by atoms with van der Waals surface area (Å²) in [6.07, 6.45) is 2.71. The molecule has 118 valence electrons. The maximum atomic E-state index is 11.6. The number of ether oxygens (including phenoxy) is 1. The number of carboxylic acid groups (broad SMARTS) is 1. The van der Waals surface area contributed by atoms with Crippen molar-refractivity contribution in [3.05, 3.63) is 0 Å². The first-order valence-electron chi connectivity index (χ1n) is 7.14. The predicted octanol–water partition coefficient (Wildman–Crippen LogP) is -0.554. The topological polar surface area (TPSA) is 117 Å². The molecule has 21 heavy (non-hydrogen) atoms. The van der Waals surface area contributed by atoms with Crippen LogP contribution in [0.4, 0.5) is 4.79 Å². The Labute approximate surface area is 122 Å². The van der Waals surface area contributed by atoms with E-state index < -0.39 is 17.4 Å². The molecule has 1 aliphatic carbocycles. The lowest BCUT2D eigenvalue weighted by atomic mass is 9.80. The second-order valence-corrected chi connectivity index (χ2v) is 5.58. The van der Waals surface area contributed by atoms with Gasteiger partial charge in [-0.2, -0.15) is 0 Å². The molecule has 2 rings (SSSR count). The highest BCUT2D eigenvalue weighted by Crippen LogP contribution is 2.29. The molecular weight excluding hydrogens is 278 g/mol. The van der Waals surface area contributed by atoms with Crippen LogP contribution in [-0.2, 0) is 14.3 Å². The van der Waals surface area contributed by atoms with E-state index in [4.69, 9.17) is 4.74 Å². The van der Waals surface area contributed by atoms with Crippen molar-refractivity contribution in [3.8, 4) is 0 Å². The largest absolute Gasteiger partial charge is 0.481 e. The van der Waals surface area contributed by atoms with Gasteiger partial charge < -0.3 is 25.8 Å². The Balaban J connectivity index is 1.71. The molecule has 0 bridgehead atoms. The molecule has 8 nitrogen and oxygen atoms in total. The summed E-state index contributed by atoms with van der Waals surface area (Å²) in [7, 11) is 0. The van der Waals surface area contributed by atoms with Gasteiger partial charge in [-0.3, -0.25) is 9.59 Å². The van der Waals surface area contributed by atoms with Crippen LogP contribution in [0.5, 0.6) is 0 Å².